The van der Waals surface area contributed by atoms with Crippen LogP contribution in [-0.2, 0) is 4.79 Å². The summed E-state index contributed by atoms with van der Waals surface area (Å²) in [6, 6.07) is 9.40. The molecule has 35 heavy (non-hydrogen) atoms. The Bertz CT molecular complexity index is 1010. The Kier molecular flexibility index (Phi) is 12.1. The number of amides is 2. The van der Waals surface area contributed by atoms with E-state index in [1.54, 1.807) is 30.3 Å². The van der Waals surface area contributed by atoms with Gasteiger partial charge >= 0.3 is 0 Å². The fraction of sp³-hybridized carbons (Fsp3) is 0.423. The van der Waals surface area contributed by atoms with Gasteiger partial charge in [0.15, 0.2) is 11.5 Å². The molecule has 0 spiro atoms. The van der Waals surface area contributed by atoms with Crippen molar-refractivity contribution < 1.29 is 19.1 Å². The molecule has 0 aliphatic rings. The van der Waals surface area contributed by atoms with Gasteiger partial charge in [-0.05, 0) is 83.6 Å². The highest BCUT2D eigenvalue weighted by atomic mass is 79.9. The molecule has 0 aliphatic carbocycles. The molecule has 0 heterocycles. The molecule has 0 fully saturated rings. The lowest BCUT2D eigenvalue weighted by atomic mass is 10.0. The maximum atomic E-state index is 12.8. The van der Waals surface area contributed by atoms with E-state index in [1.165, 1.54) is 6.21 Å². The fourth-order valence-electron chi connectivity index (χ4n) is 3.18. The number of carbonyl (C=O) groups is 2. The van der Waals surface area contributed by atoms with Crippen molar-refractivity contribution in [3.63, 3.8) is 0 Å². The molecular weight excluding hydrogens is 534 g/mol. The monoisotopic (exact) mass is 565 g/mol. The van der Waals surface area contributed by atoms with Crippen molar-refractivity contribution in [2.75, 3.05) is 13.2 Å². The molecule has 2 amide bonds. The molecule has 0 bridgehead atoms. The molecule has 2 rings (SSSR count). The van der Waals surface area contributed by atoms with Crippen LogP contribution in [0.4, 0.5) is 0 Å². The summed E-state index contributed by atoms with van der Waals surface area (Å²) in [5, 5.41) is 7.42. The summed E-state index contributed by atoms with van der Waals surface area (Å²) >= 11 is 9.43. The molecule has 1 atom stereocenters. The van der Waals surface area contributed by atoms with Gasteiger partial charge in [-0.15, -0.1) is 0 Å². The number of hydrogen-bond acceptors (Lipinski definition) is 5. The lowest BCUT2D eigenvalue weighted by molar-refractivity contribution is -0.123. The van der Waals surface area contributed by atoms with E-state index in [0.717, 1.165) is 17.3 Å². The van der Waals surface area contributed by atoms with Gasteiger partial charge < -0.3 is 14.8 Å². The van der Waals surface area contributed by atoms with Crippen LogP contribution in [0, 0.1) is 5.92 Å². The number of halogens is 2. The van der Waals surface area contributed by atoms with E-state index in [0.29, 0.717) is 47.3 Å². The van der Waals surface area contributed by atoms with Gasteiger partial charge in [0.05, 0.1) is 23.9 Å². The van der Waals surface area contributed by atoms with E-state index < -0.39 is 11.9 Å². The third-order valence-corrected chi connectivity index (χ3v) is 5.74. The standard InChI is InChI=1S/C26H33BrClN3O4/c1-5-7-12-35-24-21(27)14-18(15-23(24)34-6-2)16-29-31-26(33)22(13-17(3)4)30-25(32)19-8-10-20(28)11-9-19/h8-11,14-17,22H,5-7,12-13H2,1-4H3,(H,30,32)(H,31,33). The second-order valence-corrected chi connectivity index (χ2v) is 9.65. The number of nitrogens with one attached hydrogen (secondary N) is 2. The zero-order valence-corrected chi connectivity index (χ0v) is 22.9. The summed E-state index contributed by atoms with van der Waals surface area (Å²) in [5.41, 5.74) is 3.68. The Morgan fingerprint density at radius 3 is 2.49 bits per heavy atom. The molecule has 0 radical (unpaired) electrons. The molecule has 0 saturated carbocycles. The van der Waals surface area contributed by atoms with Gasteiger partial charge in [0.2, 0.25) is 0 Å². The highest BCUT2D eigenvalue weighted by molar-refractivity contribution is 9.10. The number of benzene rings is 2. The molecule has 2 aromatic rings. The lowest BCUT2D eigenvalue weighted by Gasteiger charge is -2.19. The van der Waals surface area contributed by atoms with E-state index in [9.17, 15) is 9.59 Å². The van der Waals surface area contributed by atoms with E-state index >= 15 is 0 Å². The van der Waals surface area contributed by atoms with Gasteiger partial charge in [0, 0.05) is 10.6 Å². The minimum atomic E-state index is -0.740. The smallest absolute Gasteiger partial charge is 0.262 e. The van der Waals surface area contributed by atoms with Crippen molar-refractivity contribution in [2.24, 2.45) is 11.0 Å². The summed E-state index contributed by atoms with van der Waals surface area (Å²) < 4.78 is 12.3. The van der Waals surface area contributed by atoms with Crippen molar-refractivity contribution in [3.8, 4) is 11.5 Å². The normalized spacial score (nSPS) is 12.0. The number of hydrazone groups is 1. The van der Waals surface area contributed by atoms with Crippen molar-refractivity contribution in [2.45, 2.75) is 53.0 Å². The highest BCUT2D eigenvalue weighted by Gasteiger charge is 2.22. The molecule has 7 nitrogen and oxygen atoms in total. The van der Waals surface area contributed by atoms with E-state index in [4.69, 9.17) is 21.1 Å². The van der Waals surface area contributed by atoms with Crippen molar-refractivity contribution >= 4 is 45.6 Å². The zero-order valence-electron chi connectivity index (χ0n) is 20.6. The van der Waals surface area contributed by atoms with Crippen LogP contribution in [0.3, 0.4) is 0 Å². The average Bonchev–Trinajstić information content (AvgIpc) is 2.80. The number of carbonyl (C=O) groups excluding carboxylic acids is 2. The Morgan fingerprint density at radius 1 is 1.14 bits per heavy atom. The Hall–Kier alpha value is -2.58. The average molecular weight is 567 g/mol. The van der Waals surface area contributed by atoms with Gasteiger partial charge in [-0.25, -0.2) is 5.43 Å². The third-order valence-electron chi connectivity index (χ3n) is 4.90. The largest absolute Gasteiger partial charge is 0.490 e. The number of rotatable bonds is 13. The van der Waals surface area contributed by atoms with Crippen molar-refractivity contribution in [1.29, 1.82) is 0 Å². The van der Waals surface area contributed by atoms with Crippen LogP contribution in [0.15, 0.2) is 46.0 Å². The highest BCUT2D eigenvalue weighted by Crippen LogP contribution is 2.36. The first-order valence-electron chi connectivity index (χ1n) is 11.7. The van der Waals surface area contributed by atoms with Gasteiger partial charge in [0.25, 0.3) is 11.8 Å². The van der Waals surface area contributed by atoms with Crippen LogP contribution in [-0.4, -0.2) is 37.3 Å². The Balaban J connectivity index is 2.10. The number of nitrogens with zero attached hydrogens (tertiary/aromatic N) is 1. The maximum Gasteiger partial charge on any atom is 0.262 e. The van der Waals surface area contributed by atoms with Gasteiger partial charge in [-0.1, -0.05) is 38.8 Å². The molecular formula is C26H33BrClN3O4. The van der Waals surface area contributed by atoms with Crippen LogP contribution < -0.4 is 20.2 Å². The predicted molar refractivity (Wildman–Crippen MR) is 144 cm³/mol. The number of unbranched alkanes of at least 4 members (excludes halogenated alkanes) is 1. The molecule has 0 aliphatic heterocycles. The second-order valence-electron chi connectivity index (χ2n) is 8.36. The van der Waals surface area contributed by atoms with Gasteiger partial charge in [-0.3, -0.25) is 9.59 Å². The quantitative estimate of drug-likeness (QED) is 0.177. The predicted octanol–water partition coefficient (Wildman–Crippen LogP) is 5.97. The first-order chi connectivity index (χ1) is 16.7. The summed E-state index contributed by atoms with van der Waals surface area (Å²) in [5.74, 6) is 0.670. The third kappa shape index (κ3) is 9.53. The number of ether oxygens (including phenoxy) is 2. The summed E-state index contributed by atoms with van der Waals surface area (Å²) in [7, 11) is 0. The van der Waals surface area contributed by atoms with Crippen molar-refractivity contribution in [3.05, 3.63) is 57.0 Å². The Morgan fingerprint density at radius 2 is 1.86 bits per heavy atom. The van der Waals surface area contributed by atoms with Gasteiger partial charge in [0.1, 0.15) is 6.04 Å². The van der Waals surface area contributed by atoms with Crippen molar-refractivity contribution in [1.82, 2.24) is 10.7 Å². The van der Waals surface area contributed by atoms with E-state index in [-0.39, 0.29) is 11.8 Å². The summed E-state index contributed by atoms with van der Waals surface area (Å²) in [4.78, 5) is 25.4. The second kappa shape index (κ2) is 14.7. The molecule has 2 N–H and O–H groups in total. The van der Waals surface area contributed by atoms with Crippen LogP contribution in [0.5, 0.6) is 11.5 Å². The molecule has 1 unspecified atom stereocenters. The summed E-state index contributed by atoms with van der Waals surface area (Å²) in [6.07, 6.45) is 3.96. The fourth-order valence-corrected chi connectivity index (χ4v) is 3.88. The van der Waals surface area contributed by atoms with Crippen LogP contribution in [0.2, 0.25) is 5.02 Å². The number of hydrogen-bond donors (Lipinski definition) is 2. The molecule has 190 valence electrons. The van der Waals surface area contributed by atoms with E-state index in [1.807, 2.05) is 26.8 Å². The summed E-state index contributed by atoms with van der Waals surface area (Å²) in [6.45, 7) is 9.04. The zero-order chi connectivity index (χ0) is 25.8. The first kappa shape index (κ1) is 28.7. The molecule has 9 heteroatoms. The first-order valence-corrected chi connectivity index (χ1v) is 12.9. The molecule has 0 aromatic heterocycles. The topological polar surface area (TPSA) is 89.0 Å². The van der Waals surface area contributed by atoms with Crippen LogP contribution >= 0.6 is 27.5 Å². The lowest BCUT2D eigenvalue weighted by Crippen LogP contribution is -2.46. The van der Waals surface area contributed by atoms with Crippen LogP contribution in [0.25, 0.3) is 0 Å². The minimum Gasteiger partial charge on any atom is -0.490 e. The van der Waals surface area contributed by atoms with E-state index in [2.05, 4.69) is 38.7 Å². The maximum absolute atomic E-state index is 12.8. The Labute approximate surface area is 220 Å². The molecule has 2 aromatic carbocycles. The van der Waals surface area contributed by atoms with Gasteiger partial charge in [-0.2, -0.15) is 5.10 Å². The minimum absolute atomic E-state index is 0.185. The van der Waals surface area contributed by atoms with Crippen LogP contribution in [0.1, 0.15) is 62.9 Å². The molecule has 0 saturated heterocycles. The SMILES string of the molecule is CCCCOc1c(Br)cc(C=NNC(=O)C(CC(C)C)NC(=O)c2ccc(Cl)cc2)cc1OCC.